The zero-order valence-electron chi connectivity index (χ0n) is 20.0. The Balaban J connectivity index is 0.00000324. The molecular weight excluding hydrogens is 418 g/mol. The van der Waals surface area contributed by atoms with Crippen LogP contribution in [0, 0.1) is 11.8 Å². The first-order valence-corrected chi connectivity index (χ1v) is 10.1. The van der Waals surface area contributed by atoms with E-state index in [4.69, 9.17) is 8.85 Å². The summed E-state index contributed by atoms with van der Waals surface area (Å²) >= 11 is 0. The first-order chi connectivity index (χ1) is 15.7. The number of halogens is 1. The van der Waals surface area contributed by atoms with Crippen LogP contribution >= 0.6 is 12.4 Å². The van der Waals surface area contributed by atoms with Gasteiger partial charge in [-0.2, -0.15) is 0 Å². The lowest BCUT2D eigenvalue weighted by molar-refractivity contribution is -0.143. The maximum Gasteiger partial charge on any atom is 0.329 e. The number of rotatable bonds is 7. The summed E-state index contributed by atoms with van der Waals surface area (Å²) in [5.41, 5.74) is 2.15. The van der Waals surface area contributed by atoms with E-state index in [1.807, 2.05) is 24.3 Å². The van der Waals surface area contributed by atoms with Gasteiger partial charge >= 0.3 is 12.0 Å². The maximum absolute atomic E-state index is 13.2. The van der Waals surface area contributed by atoms with Gasteiger partial charge in [0.05, 0.1) is 17.1 Å². The number of benzene rings is 2. The smallest absolute Gasteiger partial charge is 0.329 e. The quantitative estimate of drug-likeness (QED) is 0.674. The molecule has 2 saturated heterocycles. The predicted octanol–water partition coefficient (Wildman–Crippen LogP) is 3.42. The number of carboxylic acid groups (broad SMARTS) is 1. The van der Waals surface area contributed by atoms with E-state index in [1.165, 1.54) is 12.1 Å². The van der Waals surface area contributed by atoms with Crippen LogP contribution in [-0.2, 0) is 11.2 Å². The topological polar surface area (TPSA) is 82.1 Å². The van der Waals surface area contributed by atoms with Gasteiger partial charge in [0, 0.05) is 30.5 Å². The molecule has 2 aromatic carbocycles. The second kappa shape index (κ2) is 10.0. The SMILES string of the molecule is Cl.[3H]C([3H])([3H])Oc1cccc(N2CCN(c3cccc(C[C@H](C(=O)O)[C@H]4CCNC4)c3)C2=O)c1. The van der Waals surface area contributed by atoms with Crippen LogP contribution in [0.2, 0.25) is 0 Å². The maximum atomic E-state index is 13.2. The first kappa shape index (κ1) is 19.0. The second-order valence-electron chi connectivity index (χ2n) is 7.76. The van der Waals surface area contributed by atoms with E-state index in [-0.39, 0.29) is 30.1 Å². The summed E-state index contributed by atoms with van der Waals surface area (Å²) in [5, 5.41) is 13.0. The summed E-state index contributed by atoms with van der Waals surface area (Å²) in [5.74, 6) is -1.00. The molecule has 2 aromatic rings. The van der Waals surface area contributed by atoms with Crippen LogP contribution in [0.4, 0.5) is 16.2 Å². The molecule has 2 fully saturated rings. The molecule has 2 atom stereocenters. The number of carbonyl (C=O) groups excluding carboxylic acids is 1. The molecule has 31 heavy (non-hydrogen) atoms. The summed E-state index contributed by atoms with van der Waals surface area (Å²) < 4.78 is 26.8. The number of urea groups is 1. The predicted molar refractivity (Wildman–Crippen MR) is 123 cm³/mol. The van der Waals surface area contributed by atoms with Crippen molar-refractivity contribution < 1.29 is 23.5 Å². The highest BCUT2D eigenvalue weighted by Gasteiger charge is 2.32. The molecule has 2 heterocycles. The monoisotopic (exact) mass is 451 g/mol. The van der Waals surface area contributed by atoms with Gasteiger partial charge in [-0.15, -0.1) is 12.4 Å². The number of amides is 2. The van der Waals surface area contributed by atoms with Gasteiger partial charge in [0.25, 0.3) is 0 Å². The summed E-state index contributed by atoms with van der Waals surface area (Å²) in [7, 11) is -2.57. The minimum absolute atomic E-state index is 0. The number of carbonyl (C=O) groups is 2. The number of nitrogens with zero attached hydrogens (tertiary/aromatic N) is 2. The lowest BCUT2D eigenvalue weighted by Crippen LogP contribution is -2.32. The van der Waals surface area contributed by atoms with Gasteiger partial charge in [0.2, 0.25) is 0 Å². The number of ether oxygens (including phenoxy) is 1. The fourth-order valence-electron chi connectivity index (χ4n) is 4.31. The third-order valence-corrected chi connectivity index (χ3v) is 5.92. The largest absolute Gasteiger partial charge is 0.497 e. The average molecular weight is 452 g/mol. The molecule has 0 bridgehead atoms. The van der Waals surface area contributed by atoms with Gasteiger partial charge in [-0.3, -0.25) is 14.6 Å². The van der Waals surface area contributed by atoms with Crippen LogP contribution in [0.5, 0.6) is 5.75 Å². The molecule has 0 aromatic heterocycles. The standard InChI is InChI=1S/C23H27N3O4.ClH/c1-30-20-7-3-6-19(14-20)26-11-10-25(23(26)29)18-5-2-4-16(12-18)13-21(22(27)28)17-8-9-24-15-17;/h2-7,12,14,17,21,24H,8-11,13,15H2,1H3,(H,27,28);1H/t17-,21-;/m0./s1/i1T3;. The summed E-state index contributed by atoms with van der Waals surface area (Å²) in [4.78, 5) is 28.2. The molecule has 0 spiro atoms. The van der Waals surface area contributed by atoms with Crippen LogP contribution < -0.4 is 19.9 Å². The highest BCUT2D eigenvalue weighted by atomic mass is 35.5. The fraction of sp³-hybridized carbons (Fsp3) is 0.391. The van der Waals surface area contributed by atoms with E-state index in [0.29, 0.717) is 37.4 Å². The first-order valence-electron chi connectivity index (χ1n) is 11.6. The molecule has 0 saturated carbocycles. The van der Waals surface area contributed by atoms with Gasteiger partial charge in [0.1, 0.15) is 5.75 Å². The normalized spacial score (nSPS) is 21.1. The third-order valence-electron chi connectivity index (χ3n) is 5.92. The molecule has 2 aliphatic heterocycles. The van der Waals surface area contributed by atoms with Crippen molar-refractivity contribution in [3.8, 4) is 5.75 Å². The van der Waals surface area contributed by atoms with Crippen LogP contribution in [0.25, 0.3) is 0 Å². The number of aliphatic carboxylic acids is 1. The van der Waals surface area contributed by atoms with Crippen molar-refractivity contribution in [3.63, 3.8) is 0 Å². The third kappa shape index (κ3) is 4.94. The lowest BCUT2D eigenvalue weighted by Gasteiger charge is -2.21. The molecule has 8 heteroatoms. The van der Waals surface area contributed by atoms with Crippen LogP contribution in [0.3, 0.4) is 0 Å². The lowest BCUT2D eigenvalue weighted by atomic mass is 9.86. The summed E-state index contributed by atoms with van der Waals surface area (Å²) in [6.07, 6.45) is 1.26. The van der Waals surface area contributed by atoms with Crippen molar-refractivity contribution in [3.05, 3.63) is 54.1 Å². The van der Waals surface area contributed by atoms with Crippen molar-refractivity contribution in [2.45, 2.75) is 12.8 Å². The van der Waals surface area contributed by atoms with Gasteiger partial charge in [0.15, 0.2) is 0 Å². The highest BCUT2D eigenvalue weighted by molar-refractivity contribution is 6.06. The molecule has 2 aliphatic rings. The van der Waals surface area contributed by atoms with Crippen LogP contribution in [-0.4, -0.2) is 50.3 Å². The molecule has 0 aliphatic carbocycles. The van der Waals surface area contributed by atoms with Crippen molar-refractivity contribution in [1.82, 2.24) is 5.32 Å². The zero-order valence-corrected chi connectivity index (χ0v) is 17.8. The van der Waals surface area contributed by atoms with Crippen molar-refractivity contribution in [2.75, 3.05) is 43.0 Å². The molecule has 2 amide bonds. The van der Waals surface area contributed by atoms with E-state index >= 15 is 0 Å². The molecular formula is C23H28ClN3O4. The van der Waals surface area contributed by atoms with Gasteiger partial charge in [-0.05, 0) is 61.7 Å². The Morgan fingerprint density at radius 1 is 1.23 bits per heavy atom. The Morgan fingerprint density at radius 3 is 2.58 bits per heavy atom. The van der Waals surface area contributed by atoms with Gasteiger partial charge < -0.3 is 15.2 Å². The minimum atomic E-state index is -2.57. The fourth-order valence-corrected chi connectivity index (χ4v) is 4.31. The van der Waals surface area contributed by atoms with E-state index in [0.717, 1.165) is 18.5 Å². The molecule has 2 N–H and O–H groups in total. The Labute approximate surface area is 192 Å². The van der Waals surface area contributed by atoms with E-state index in [2.05, 4.69) is 5.32 Å². The molecule has 4 rings (SSSR count). The number of methoxy groups -OCH3 is 1. The Kier molecular flexibility index (Phi) is 6.13. The number of nitrogens with one attached hydrogen (secondary N) is 1. The Bertz CT molecular complexity index is 1030. The molecule has 0 radical (unpaired) electrons. The number of carboxylic acids is 1. The van der Waals surface area contributed by atoms with Crippen LogP contribution in [0.1, 0.15) is 16.1 Å². The Morgan fingerprint density at radius 2 is 1.94 bits per heavy atom. The second-order valence-corrected chi connectivity index (χ2v) is 7.76. The number of anilines is 2. The number of hydrogen-bond donors (Lipinski definition) is 2. The van der Waals surface area contributed by atoms with Gasteiger partial charge in [-0.25, -0.2) is 4.79 Å². The summed E-state index contributed by atoms with van der Waals surface area (Å²) in [6, 6.07) is 13.7. The van der Waals surface area contributed by atoms with Crippen molar-refractivity contribution >= 4 is 35.8 Å². The van der Waals surface area contributed by atoms with E-state index in [1.54, 1.807) is 21.9 Å². The highest BCUT2D eigenvalue weighted by Crippen LogP contribution is 2.29. The Hall–Kier alpha value is -2.77. The molecule has 0 unspecified atom stereocenters. The van der Waals surface area contributed by atoms with E-state index < -0.39 is 18.9 Å². The molecule has 7 nitrogen and oxygen atoms in total. The molecule has 166 valence electrons. The number of hydrogen-bond acceptors (Lipinski definition) is 4. The zero-order chi connectivity index (χ0) is 23.6. The van der Waals surface area contributed by atoms with Crippen LogP contribution in [0.15, 0.2) is 48.5 Å². The van der Waals surface area contributed by atoms with E-state index in [9.17, 15) is 14.7 Å². The van der Waals surface area contributed by atoms with Gasteiger partial charge in [-0.1, -0.05) is 18.2 Å². The van der Waals surface area contributed by atoms with Crippen molar-refractivity contribution in [2.24, 2.45) is 11.8 Å². The summed E-state index contributed by atoms with van der Waals surface area (Å²) in [6.45, 7) is 2.44. The minimum Gasteiger partial charge on any atom is -0.497 e. The van der Waals surface area contributed by atoms with Crippen molar-refractivity contribution in [1.29, 1.82) is 0 Å². The average Bonchev–Trinajstić information content (AvgIpc) is 3.41.